The second-order valence-corrected chi connectivity index (χ2v) is 6.58. The molecule has 2 amide bonds. The summed E-state index contributed by atoms with van der Waals surface area (Å²) in [5.74, 6) is -1.37. The molecule has 0 saturated heterocycles. The highest BCUT2D eigenvalue weighted by atomic mass is 79.9. The molecule has 0 fully saturated rings. The van der Waals surface area contributed by atoms with E-state index >= 15 is 0 Å². The Balaban J connectivity index is 1.94. The van der Waals surface area contributed by atoms with Crippen LogP contribution < -0.4 is 10.6 Å². The number of benzene rings is 2. The minimum atomic E-state index is -0.685. The van der Waals surface area contributed by atoms with E-state index in [-0.39, 0.29) is 0 Å². The molecule has 0 aliphatic carbocycles. The molecule has 0 bridgehead atoms. The van der Waals surface area contributed by atoms with Gasteiger partial charge in [-0.05, 0) is 61.2 Å². The lowest BCUT2D eigenvalue weighted by atomic mass is 10.1. The van der Waals surface area contributed by atoms with Crippen molar-refractivity contribution in [1.29, 1.82) is 0 Å². The predicted octanol–water partition coefficient (Wildman–Crippen LogP) is 4.68. The van der Waals surface area contributed by atoms with Gasteiger partial charge in [-0.15, -0.1) is 0 Å². The summed E-state index contributed by atoms with van der Waals surface area (Å²) in [6.07, 6.45) is 3.31. The van der Waals surface area contributed by atoms with Gasteiger partial charge in [0.05, 0.1) is 0 Å². The summed E-state index contributed by atoms with van der Waals surface area (Å²) in [4.78, 5) is 24.0. The summed E-state index contributed by atoms with van der Waals surface area (Å²) >= 11 is 3.37. The average Bonchev–Trinajstić information content (AvgIpc) is 2.56. The molecule has 0 atom stereocenters. The van der Waals surface area contributed by atoms with Gasteiger partial charge in [0.1, 0.15) is 0 Å². The highest BCUT2D eigenvalue weighted by molar-refractivity contribution is 9.10. The number of carbonyl (C=O) groups excluding carboxylic acids is 2. The highest BCUT2D eigenvalue weighted by Crippen LogP contribution is 2.20. The quantitative estimate of drug-likeness (QED) is 0.730. The molecule has 0 heterocycles. The Morgan fingerprint density at radius 3 is 2.29 bits per heavy atom. The van der Waals surface area contributed by atoms with Gasteiger partial charge in [-0.1, -0.05) is 41.4 Å². The zero-order valence-corrected chi connectivity index (χ0v) is 15.4. The standard InChI is InChI=1S/C19H21BrN2O2/c1-3-4-5-14-6-9-16(10-7-14)21-18(23)19(24)22-17-11-8-15(20)12-13(17)2/h6-12H,3-5H2,1-2H3,(H,21,23)(H,22,24). The molecular weight excluding hydrogens is 368 g/mol. The van der Waals surface area contributed by atoms with Gasteiger partial charge < -0.3 is 10.6 Å². The molecule has 4 nitrogen and oxygen atoms in total. The lowest BCUT2D eigenvalue weighted by molar-refractivity contribution is -0.133. The van der Waals surface area contributed by atoms with Crippen LogP contribution in [0.25, 0.3) is 0 Å². The first kappa shape index (κ1) is 18.2. The van der Waals surface area contributed by atoms with Gasteiger partial charge in [-0.25, -0.2) is 0 Å². The van der Waals surface area contributed by atoms with Crippen molar-refractivity contribution in [3.05, 3.63) is 58.1 Å². The molecule has 0 aliphatic rings. The normalized spacial score (nSPS) is 10.3. The van der Waals surface area contributed by atoms with E-state index in [0.717, 1.165) is 29.3 Å². The summed E-state index contributed by atoms with van der Waals surface area (Å²) in [5, 5.41) is 5.24. The van der Waals surface area contributed by atoms with Gasteiger partial charge in [0, 0.05) is 15.8 Å². The van der Waals surface area contributed by atoms with Crippen molar-refractivity contribution in [2.75, 3.05) is 10.6 Å². The van der Waals surface area contributed by atoms with Crippen LogP contribution in [0.3, 0.4) is 0 Å². The maximum Gasteiger partial charge on any atom is 0.314 e. The first-order valence-electron chi connectivity index (χ1n) is 7.97. The van der Waals surface area contributed by atoms with Crippen LogP contribution in [0.5, 0.6) is 0 Å². The molecular formula is C19H21BrN2O2. The molecule has 5 heteroatoms. The van der Waals surface area contributed by atoms with Crippen molar-refractivity contribution in [1.82, 2.24) is 0 Å². The number of carbonyl (C=O) groups is 2. The number of nitrogens with one attached hydrogen (secondary N) is 2. The van der Waals surface area contributed by atoms with E-state index in [0.29, 0.717) is 11.4 Å². The van der Waals surface area contributed by atoms with Crippen LogP contribution in [0.4, 0.5) is 11.4 Å². The SMILES string of the molecule is CCCCc1ccc(NC(=O)C(=O)Nc2ccc(Br)cc2C)cc1. The molecule has 2 rings (SSSR count). The molecule has 0 aliphatic heterocycles. The lowest BCUT2D eigenvalue weighted by Crippen LogP contribution is -2.29. The van der Waals surface area contributed by atoms with Crippen LogP contribution in [-0.4, -0.2) is 11.8 Å². The minimum Gasteiger partial charge on any atom is -0.318 e. The maximum atomic E-state index is 12.0. The number of halogens is 1. The van der Waals surface area contributed by atoms with Gasteiger partial charge in [0.15, 0.2) is 0 Å². The number of unbranched alkanes of at least 4 members (excludes halogenated alkanes) is 1. The molecule has 0 aromatic heterocycles. The average molecular weight is 389 g/mol. The lowest BCUT2D eigenvalue weighted by Gasteiger charge is -2.09. The second-order valence-electron chi connectivity index (χ2n) is 5.67. The molecule has 0 spiro atoms. The van der Waals surface area contributed by atoms with Crippen LogP contribution in [0.2, 0.25) is 0 Å². The predicted molar refractivity (Wildman–Crippen MR) is 101 cm³/mol. The number of aryl methyl sites for hydroxylation is 2. The van der Waals surface area contributed by atoms with Gasteiger partial charge in [0.2, 0.25) is 0 Å². The van der Waals surface area contributed by atoms with Crippen LogP contribution in [0.15, 0.2) is 46.9 Å². The van der Waals surface area contributed by atoms with Gasteiger partial charge in [0.25, 0.3) is 0 Å². The summed E-state index contributed by atoms with van der Waals surface area (Å²) in [6.45, 7) is 4.02. The summed E-state index contributed by atoms with van der Waals surface area (Å²) in [6, 6.07) is 13.0. The van der Waals surface area contributed by atoms with Crippen molar-refractivity contribution in [2.24, 2.45) is 0 Å². The van der Waals surface area contributed by atoms with Gasteiger partial charge in [-0.3, -0.25) is 9.59 Å². The summed E-state index contributed by atoms with van der Waals surface area (Å²) in [7, 11) is 0. The third-order valence-electron chi connectivity index (χ3n) is 3.67. The fourth-order valence-electron chi connectivity index (χ4n) is 2.27. The van der Waals surface area contributed by atoms with E-state index in [4.69, 9.17) is 0 Å². The second kappa shape index (κ2) is 8.64. The largest absolute Gasteiger partial charge is 0.318 e. The number of hydrogen-bond donors (Lipinski definition) is 2. The van der Waals surface area contributed by atoms with Crippen molar-refractivity contribution in [2.45, 2.75) is 33.1 Å². The minimum absolute atomic E-state index is 0.614. The molecule has 2 aromatic rings. The third kappa shape index (κ3) is 5.20. The van der Waals surface area contributed by atoms with Crippen molar-refractivity contribution in [3.63, 3.8) is 0 Å². The zero-order valence-electron chi connectivity index (χ0n) is 13.9. The van der Waals surface area contributed by atoms with E-state index in [1.165, 1.54) is 5.56 Å². The fraction of sp³-hybridized carbons (Fsp3) is 0.263. The Labute approximate surface area is 150 Å². The first-order chi connectivity index (χ1) is 11.5. The Hall–Kier alpha value is -2.14. The zero-order chi connectivity index (χ0) is 17.5. The number of amides is 2. The van der Waals surface area contributed by atoms with Crippen molar-refractivity contribution < 1.29 is 9.59 Å². The van der Waals surface area contributed by atoms with Gasteiger partial charge in [-0.2, -0.15) is 0 Å². The Bertz CT molecular complexity index is 727. The van der Waals surface area contributed by atoms with E-state index in [1.54, 1.807) is 6.07 Å². The molecule has 0 saturated carbocycles. The highest BCUT2D eigenvalue weighted by Gasteiger charge is 2.15. The van der Waals surface area contributed by atoms with Crippen LogP contribution >= 0.6 is 15.9 Å². The molecule has 0 radical (unpaired) electrons. The Kier molecular flexibility index (Phi) is 6.55. The van der Waals surface area contributed by atoms with E-state index in [1.807, 2.05) is 43.3 Å². The van der Waals surface area contributed by atoms with Crippen molar-refractivity contribution in [3.8, 4) is 0 Å². The molecule has 2 N–H and O–H groups in total. The topological polar surface area (TPSA) is 58.2 Å². The summed E-state index contributed by atoms with van der Waals surface area (Å²) in [5.41, 5.74) is 3.34. The number of hydrogen-bond acceptors (Lipinski definition) is 2. The Morgan fingerprint density at radius 1 is 1.00 bits per heavy atom. The summed E-state index contributed by atoms with van der Waals surface area (Å²) < 4.78 is 0.922. The number of anilines is 2. The number of rotatable bonds is 5. The monoisotopic (exact) mass is 388 g/mol. The molecule has 126 valence electrons. The van der Waals surface area contributed by atoms with Crippen LogP contribution in [0, 0.1) is 6.92 Å². The molecule has 0 unspecified atom stereocenters. The van der Waals surface area contributed by atoms with Crippen LogP contribution in [-0.2, 0) is 16.0 Å². The Morgan fingerprint density at radius 2 is 1.67 bits per heavy atom. The molecule has 2 aromatic carbocycles. The first-order valence-corrected chi connectivity index (χ1v) is 8.76. The van der Waals surface area contributed by atoms with Crippen LogP contribution in [0.1, 0.15) is 30.9 Å². The van der Waals surface area contributed by atoms with E-state index in [9.17, 15) is 9.59 Å². The third-order valence-corrected chi connectivity index (χ3v) is 4.17. The maximum absolute atomic E-state index is 12.0. The van der Waals surface area contributed by atoms with E-state index < -0.39 is 11.8 Å². The smallest absolute Gasteiger partial charge is 0.314 e. The fourth-order valence-corrected chi connectivity index (χ4v) is 2.75. The van der Waals surface area contributed by atoms with E-state index in [2.05, 4.69) is 33.5 Å². The van der Waals surface area contributed by atoms with Gasteiger partial charge >= 0.3 is 11.8 Å². The van der Waals surface area contributed by atoms with Crippen molar-refractivity contribution >= 4 is 39.1 Å². The molecule has 24 heavy (non-hydrogen) atoms.